The lowest BCUT2D eigenvalue weighted by atomic mass is 10.00. The molecule has 0 radical (unpaired) electrons. The lowest BCUT2D eigenvalue weighted by molar-refractivity contribution is 0.0919. The Kier molecular flexibility index (Phi) is 2.69. The molecule has 2 aliphatic heterocycles. The van der Waals surface area contributed by atoms with Crippen LogP contribution in [-0.4, -0.2) is 41.5 Å². The van der Waals surface area contributed by atoms with Crippen molar-refractivity contribution in [1.29, 1.82) is 5.26 Å². The lowest BCUT2D eigenvalue weighted by Crippen LogP contribution is -2.43. The monoisotopic (exact) mass is 282 g/mol. The minimum Gasteiger partial charge on any atom is -0.445 e. The number of amides is 1. The summed E-state index contributed by atoms with van der Waals surface area (Å²) in [6.07, 6.45) is 2.72. The van der Waals surface area contributed by atoms with Crippen molar-refractivity contribution in [2.75, 3.05) is 19.6 Å². The largest absolute Gasteiger partial charge is 0.445 e. The molecule has 2 saturated heterocycles. The van der Waals surface area contributed by atoms with E-state index in [4.69, 9.17) is 9.68 Å². The van der Waals surface area contributed by atoms with E-state index in [0.29, 0.717) is 17.2 Å². The van der Waals surface area contributed by atoms with Gasteiger partial charge in [0.2, 0.25) is 5.76 Å². The van der Waals surface area contributed by atoms with E-state index >= 15 is 0 Å². The zero-order valence-corrected chi connectivity index (χ0v) is 11.4. The smallest absolute Gasteiger partial charge is 0.270 e. The third-order valence-electron chi connectivity index (χ3n) is 4.39. The molecule has 2 aromatic heterocycles. The van der Waals surface area contributed by atoms with Crippen molar-refractivity contribution in [2.45, 2.75) is 12.5 Å². The minimum absolute atomic E-state index is 0.175. The predicted octanol–water partition coefficient (Wildman–Crippen LogP) is 1.13. The third kappa shape index (κ3) is 2.06. The molecule has 0 spiro atoms. The number of pyridine rings is 1. The van der Waals surface area contributed by atoms with Gasteiger partial charge in [-0.05, 0) is 18.9 Å². The molecule has 6 nitrogen and oxygen atoms in total. The van der Waals surface area contributed by atoms with E-state index in [1.54, 1.807) is 18.3 Å². The first kappa shape index (κ1) is 12.4. The molecule has 0 aromatic carbocycles. The molecular weight excluding hydrogens is 268 g/mol. The zero-order chi connectivity index (χ0) is 14.4. The van der Waals surface area contributed by atoms with E-state index in [1.165, 1.54) is 0 Å². The molecule has 0 aliphatic carbocycles. The molecular formula is C15H14N4O2. The first-order chi connectivity index (χ1) is 10.2. The first-order valence-electron chi connectivity index (χ1n) is 7.06. The van der Waals surface area contributed by atoms with Crippen molar-refractivity contribution in [2.24, 2.45) is 5.92 Å². The number of nitriles is 1. The molecule has 2 fully saturated rings. The highest BCUT2D eigenvalue weighted by Crippen LogP contribution is 2.28. The molecule has 1 amide bonds. The number of carbonyl (C=O) groups is 1. The number of carbonyl (C=O) groups excluding carboxylic acids is 1. The number of nitrogens with zero attached hydrogens (tertiary/aromatic N) is 3. The Morgan fingerprint density at radius 1 is 1.48 bits per heavy atom. The fraction of sp³-hybridized carbons (Fsp3) is 0.400. The summed E-state index contributed by atoms with van der Waals surface area (Å²) in [6, 6.07) is 5.37. The Hall–Kier alpha value is -2.39. The van der Waals surface area contributed by atoms with Gasteiger partial charge in [0.25, 0.3) is 5.91 Å². The van der Waals surface area contributed by atoms with Crippen molar-refractivity contribution >= 4 is 16.9 Å². The summed E-state index contributed by atoms with van der Waals surface area (Å²) in [5.74, 6) is 0.613. The summed E-state index contributed by atoms with van der Waals surface area (Å²) in [5, 5.41) is 12.6. The Morgan fingerprint density at radius 3 is 3.10 bits per heavy atom. The summed E-state index contributed by atoms with van der Waals surface area (Å²) in [5.41, 5.74) is 0.850. The van der Waals surface area contributed by atoms with Crippen molar-refractivity contribution in [1.82, 2.24) is 15.2 Å². The molecule has 1 N–H and O–H groups in total. The standard InChI is InChI=1S/C15H14N4O2/c16-5-11-3-10-6-17-12(4-14(10)21-11)15(20)18-13-8-19-2-1-9(13)7-19/h3-4,6,9,13H,1-2,7-8H2,(H,18,20). The summed E-state index contributed by atoms with van der Waals surface area (Å²) in [7, 11) is 0. The van der Waals surface area contributed by atoms with E-state index in [-0.39, 0.29) is 17.7 Å². The molecule has 0 saturated carbocycles. The first-order valence-corrected chi connectivity index (χ1v) is 7.06. The molecule has 21 heavy (non-hydrogen) atoms. The van der Waals surface area contributed by atoms with Crippen molar-refractivity contribution < 1.29 is 9.21 Å². The molecule has 3 unspecified atom stereocenters. The highest BCUT2D eigenvalue weighted by atomic mass is 16.3. The van der Waals surface area contributed by atoms with Gasteiger partial charge in [-0.15, -0.1) is 0 Å². The van der Waals surface area contributed by atoms with Crippen LogP contribution < -0.4 is 5.32 Å². The van der Waals surface area contributed by atoms with Gasteiger partial charge < -0.3 is 14.6 Å². The van der Waals surface area contributed by atoms with E-state index < -0.39 is 0 Å². The number of piperidine rings is 1. The third-order valence-corrected chi connectivity index (χ3v) is 4.39. The molecule has 3 atom stereocenters. The highest BCUT2D eigenvalue weighted by Gasteiger charge is 2.38. The number of fused-ring (bicyclic) bond motifs is 3. The Bertz CT molecular complexity index is 761. The van der Waals surface area contributed by atoms with Crippen LogP contribution in [0.5, 0.6) is 0 Å². The number of rotatable bonds is 2. The number of hydrogen-bond donors (Lipinski definition) is 1. The maximum absolute atomic E-state index is 12.3. The van der Waals surface area contributed by atoms with Crippen molar-refractivity contribution in [3.05, 3.63) is 29.8 Å². The van der Waals surface area contributed by atoms with Gasteiger partial charge in [0.1, 0.15) is 17.3 Å². The van der Waals surface area contributed by atoms with Gasteiger partial charge in [0.15, 0.2) is 0 Å². The molecule has 4 rings (SSSR count). The van der Waals surface area contributed by atoms with Crippen LogP contribution in [0.3, 0.4) is 0 Å². The van der Waals surface area contributed by atoms with Gasteiger partial charge in [-0.25, -0.2) is 0 Å². The van der Waals surface area contributed by atoms with Crippen LogP contribution in [-0.2, 0) is 0 Å². The molecule has 2 aromatic rings. The van der Waals surface area contributed by atoms with Gasteiger partial charge in [-0.3, -0.25) is 9.78 Å². The quantitative estimate of drug-likeness (QED) is 0.893. The molecule has 106 valence electrons. The summed E-state index contributed by atoms with van der Waals surface area (Å²) >= 11 is 0. The minimum atomic E-state index is -0.175. The normalized spacial score (nSPS) is 26.9. The molecule has 4 heterocycles. The van der Waals surface area contributed by atoms with E-state index in [9.17, 15) is 4.79 Å². The molecule has 2 aliphatic rings. The number of furan rings is 1. The maximum Gasteiger partial charge on any atom is 0.270 e. The highest BCUT2D eigenvalue weighted by molar-refractivity contribution is 5.95. The zero-order valence-electron chi connectivity index (χ0n) is 11.4. The Labute approximate surface area is 121 Å². The average Bonchev–Trinajstić information content (AvgIpc) is 3.20. The topological polar surface area (TPSA) is 82.2 Å². The van der Waals surface area contributed by atoms with Crippen LogP contribution in [0.2, 0.25) is 0 Å². The van der Waals surface area contributed by atoms with Crippen LogP contribution in [0, 0.1) is 17.2 Å². The second-order valence-electron chi connectivity index (χ2n) is 5.72. The van der Waals surface area contributed by atoms with E-state index in [0.717, 1.165) is 31.4 Å². The van der Waals surface area contributed by atoms with Gasteiger partial charge in [-0.1, -0.05) is 0 Å². The van der Waals surface area contributed by atoms with Crippen LogP contribution in [0.1, 0.15) is 22.7 Å². The lowest BCUT2D eigenvalue weighted by Gasteiger charge is -2.22. The number of aromatic nitrogens is 1. The number of hydrogen-bond acceptors (Lipinski definition) is 5. The van der Waals surface area contributed by atoms with E-state index in [2.05, 4.69) is 15.2 Å². The predicted molar refractivity (Wildman–Crippen MR) is 74.5 cm³/mol. The van der Waals surface area contributed by atoms with Gasteiger partial charge in [0, 0.05) is 42.8 Å². The van der Waals surface area contributed by atoms with Crippen LogP contribution in [0.15, 0.2) is 22.7 Å². The van der Waals surface area contributed by atoms with Gasteiger partial charge in [-0.2, -0.15) is 5.26 Å². The van der Waals surface area contributed by atoms with E-state index in [1.807, 2.05) is 6.07 Å². The fourth-order valence-electron chi connectivity index (χ4n) is 3.30. The summed E-state index contributed by atoms with van der Waals surface area (Å²) < 4.78 is 5.34. The Morgan fingerprint density at radius 2 is 2.38 bits per heavy atom. The second kappa shape index (κ2) is 4.57. The molecule has 6 heteroatoms. The maximum atomic E-state index is 12.3. The second-order valence-corrected chi connectivity index (χ2v) is 5.72. The molecule has 2 bridgehead atoms. The average molecular weight is 282 g/mol. The van der Waals surface area contributed by atoms with Crippen LogP contribution in [0.25, 0.3) is 11.0 Å². The fourth-order valence-corrected chi connectivity index (χ4v) is 3.30. The van der Waals surface area contributed by atoms with Crippen LogP contribution in [0.4, 0.5) is 0 Å². The van der Waals surface area contributed by atoms with Crippen LogP contribution >= 0.6 is 0 Å². The van der Waals surface area contributed by atoms with Gasteiger partial charge in [0.05, 0.1) is 0 Å². The number of nitrogens with one attached hydrogen (secondary N) is 1. The van der Waals surface area contributed by atoms with Crippen molar-refractivity contribution in [3.8, 4) is 6.07 Å². The summed E-state index contributed by atoms with van der Waals surface area (Å²) in [4.78, 5) is 18.8. The van der Waals surface area contributed by atoms with Gasteiger partial charge >= 0.3 is 0 Å². The Balaban J connectivity index is 1.55. The SMILES string of the molecule is N#Cc1cc2cnc(C(=O)NC3CN4CCC3C4)cc2o1. The van der Waals surface area contributed by atoms with Crippen molar-refractivity contribution in [3.63, 3.8) is 0 Å². The summed E-state index contributed by atoms with van der Waals surface area (Å²) in [6.45, 7) is 3.16.